The van der Waals surface area contributed by atoms with Crippen LogP contribution in [0.3, 0.4) is 0 Å². The van der Waals surface area contributed by atoms with Crippen LogP contribution >= 0.6 is 0 Å². The maximum atomic E-state index is 12.9. The summed E-state index contributed by atoms with van der Waals surface area (Å²) in [5.74, 6) is 1.15. The Hall–Kier alpha value is -2.83. The van der Waals surface area contributed by atoms with Gasteiger partial charge in [-0.1, -0.05) is 37.3 Å². The highest BCUT2D eigenvalue weighted by atomic mass is 16.2. The molecule has 3 heterocycles. The summed E-state index contributed by atoms with van der Waals surface area (Å²) in [4.78, 5) is 32.3. The first-order valence-corrected chi connectivity index (χ1v) is 9.00. The van der Waals surface area contributed by atoms with E-state index in [1.165, 1.54) is 14.7 Å². The molecule has 0 saturated carbocycles. The predicted molar refractivity (Wildman–Crippen MR) is 102 cm³/mol. The number of benzene rings is 1. The number of rotatable bonds is 3. The van der Waals surface area contributed by atoms with Gasteiger partial charge in [-0.25, -0.2) is 4.79 Å². The second kappa shape index (κ2) is 6.16. The van der Waals surface area contributed by atoms with Crippen LogP contribution in [0.2, 0.25) is 0 Å². The Kier molecular flexibility index (Phi) is 3.94. The molecule has 1 aromatic carbocycles. The van der Waals surface area contributed by atoms with E-state index in [0.29, 0.717) is 23.6 Å². The highest BCUT2D eigenvalue weighted by Crippen LogP contribution is 2.28. The third-order valence-corrected chi connectivity index (χ3v) is 5.05. The van der Waals surface area contributed by atoms with Gasteiger partial charge in [0.1, 0.15) is 0 Å². The quantitative estimate of drug-likeness (QED) is 0.717. The number of aromatic nitrogens is 4. The van der Waals surface area contributed by atoms with Gasteiger partial charge in [0.25, 0.3) is 5.56 Å². The van der Waals surface area contributed by atoms with Crippen LogP contribution in [0.25, 0.3) is 11.2 Å². The Morgan fingerprint density at radius 2 is 1.88 bits per heavy atom. The number of fused-ring (bicyclic) bond motifs is 3. The van der Waals surface area contributed by atoms with Crippen molar-refractivity contribution in [1.29, 1.82) is 0 Å². The Morgan fingerprint density at radius 1 is 1.15 bits per heavy atom. The van der Waals surface area contributed by atoms with Gasteiger partial charge in [0.2, 0.25) is 5.95 Å². The molecule has 0 N–H and O–H groups in total. The number of hydrogen-bond donors (Lipinski definition) is 0. The first-order chi connectivity index (χ1) is 12.5. The van der Waals surface area contributed by atoms with E-state index >= 15 is 0 Å². The summed E-state index contributed by atoms with van der Waals surface area (Å²) < 4.78 is 4.75. The zero-order valence-electron chi connectivity index (χ0n) is 15.3. The fourth-order valence-corrected chi connectivity index (χ4v) is 3.82. The van der Waals surface area contributed by atoms with Gasteiger partial charge in [0.05, 0.1) is 0 Å². The van der Waals surface area contributed by atoms with Crippen LogP contribution in [0.4, 0.5) is 5.95 Å². The lowest BCUT2D eigenvalue weighted by Gasteiger charge is -2.33. The molecule has 1 atom stereocenters. The second-order valence-electron chi connectivity index (χ2n) is 7.06. The van der Waals surface area contributed by atoms with E-state index in [1.54, 1.807) is 7.05 Å². The van der Waals surface area contributed by atoms with Crippen molar-refractivity contribution in [2.75, 3.05) is 11.4 Å². The molecule has 0 aliphatic carbocycles. The number of anilines is 1. The van der Waals surface area contributed by atoms with Gasteiger partial charge in [0, 0.05) is 33.2 Å². The molecule has 0 unspecified atom stereocenters. The maximum Gasteiger partial charge on any atom is 0.332 e. The number of hydrogen-bond acceptors (Lipinski definition) is 4. The van der Waals surface area contributed by atoms with Crippen LogP contribution in [-0.4, -0.2) is 25.2 Å². The summed E-state index contributed by atoms with van der Waals surface area (Å²) in [6, 6.07) is 10.2. The number of imidazole rings is 1. The molecule has 0 amide bonds. The molecule has 0 saturated heterocycles. The SMILES string of the molecule is CCn1c(=O)c2c(nc3n2C[C@H](C)CN3Cc2ccccc2)n(C)c1=O. The summed E-state index contributed by atoms with van der Waals surface area (Å²) in [5.41, 5.74) is 1.61. The smallest absolute Gasteiger partial charge is 0.332 e. The lowest BCUT2D eigenvalue weighted by molar-refractivity contribution is 0.435. The number of nitrogens with zero attached hydrogens (tertiary/aromatic N) is 5. The Balaban J connectivity index is 1.93. The van der Waals surface area contributed by atoms with Crippen molar-refractivity contribution in [2.45, 2.75) is 33.5 Å². The van der Waals surface area contributed by atoms with Crippen molar-refractivity contribution in [2.24, 2.45) is 13.0 Å². The summed E-state index contributed by atoms with van der Waals surface area (Å²) in [7, 11) is 1.68. The van der Waals surface area contributed by atoms with Crippen LogP contribution in [0.1, 0.15) is 19.4 Å². The monoisotopic (exact) mass is 353 g/mol. The molecule has 0 bridgehead atoms. The van der Waals surface area contributed by atoms with Gasteiger partial charge in [-0.05, 0) is 18.4 Å². The first-order valence-electron chi connectivity index (χ1n) is 9.00. The van der Waals surface area contributed by atoms with Crippen molar-refractivity contribution >= 4 is 17.1 Å². The van der Waals surface area contributed by atoms with Gasteiger partial charge in [-0.2, -0.15) is 4.98 Å². The van der Waals surface area contributed by atoms with Crippen molar-refractivity contribution < 1.29 is 0 Å². The van der Waals surface area contributed by atoms with E-state index in [2.05, 4.69) is 24.0 Å². The lowest BCUT2D eigenvalue weighted by Crippen LogP contribution is -2.40. The van der Waals surface area contributed by atoms with Gasteiger partial charge >= 0.3 is 5.69 Å². The van der Waals surface area contributed by atoms with Gasteiger partial charge < -0.3 is 9.47 Å². The molecular formula is C19H23N5O2. The summed E-state index contributed by atoms with van der Waals surface area (Å²) in [6.07, 6.45) is 0. The van der Waals surface area contributed by atoms with Crippen LogP contribution < -0.4 is 16.1 Å². The third kappa shape index (κ3) is 2.46. The molecule has 3 aromatic rings. The molecule has 0 radical (unpaired) electrons. The van der Waals surface area contributed by atoms with Crippen LogP contribution in [-0.2, 0) is 26.7 Å². The van der Waals surface area contributed by atoms with E-state index in [1.807, 2.05) is 29.7 Å². The standard InChI is InChI=1S/C19H23N5O2/c1-4-23-17(25)15-16(21(3)19(23)26)20-18-22(10-13(2)11-24(15)18)12-14-8-6-5-7-9-14/h5-9,13H,4,10-12H2,1-3H3/t13-/m1/s1. The third-order valence-electron chi connectivity index (χ3n) is 5.05. The average molecular weight is 353 g/mol. The minimum atomic E-state index is -0.317. The van der Waals surface area contributed by atoms with Gasteiger partial charge in [-0.15, -0.1) is 0 Å². The summed E-state index contributed by atoms with van der Waals surface area (Å²) in [6.45, 7) is 6.66. The van der Waals surface area contributed by atoms with Gasteiger partial charge in [-0.3, -0.25) is 13.9 Å². The zero-order chi connectivity index (χ0) is 18.4. The molecule has 7 nitrogen and oxygen atoms in total. The predicted octanol–water partition coefficient (Wildman–Crippen LogP) is 1.57. The summed E-state index contributed by atoms with van der Waals surface area (Å²) in [5, 5.41) is 0. The molecule has 0 fully saturated rings. The van der Waals surface area contributed by atoms with Crippen LogP contribution in [0.15, 0.2) is 39.9 Å². The first kappa shape index (κ1) is 16.6. The largest absolute Gasteiger partial charge is 0.338 e. The molecule has 1 aliphatic rings. The minimum absolute atomic E-state index is 0.252. The highest BCUT2D eigenvalue weighted by molar-refractivity contribution is 5.75. The van der Waals surface area contributed by atoms with E-state index < -0.39 is 0 Å². The maximum absolute atomic E-state index is 12.9. The molecule has 136 valence electrons. The highest BCUT2D eigenvalue weighted by Gasteiger charge is 2.28. The van der Waals surface area contributed by atoms with Crippen molar-refractivity contribution in [3.05, 3.63) is 56.7 Å². The molecule has 0 spiro atoms. The molecular weight excluding hydrogens is 330 g/mol. The minimum Gasteiger partial charge on any atom is -0.338 e. The van der Waals surface area contributed by atoms with Gasteiger partial charge in [0.15, 0.2) is 11.2 Å². The molecule has 1 aliphatic heterocycles. The van der Waals surface area contributed by atoms with Crippen molar-refractivity contribution in [3.63, 3.8) is 0 Å². The fourth-order valence-electron chi connectivity index (χ4n) is 3.82. The van der Waals surface area contributed by atoms with E-state index in [4.69, 9.17) is 4.98 Å². The topological polar surface area (TPSA) is 65.1 Å². The Morgan fingerprint density at radius 3 is 2.58 bits per heavy atom. The summed E-state index contributed by atoms with van der Waals surface area (Å²) >= 11 is 0. The molecule has 26 heavy (non-hydrogen) atoms. The van der Waals surface area contributed by atoms with Crippen LogP contribution in [0, 0.1) is 5.92 Å². The molecule has 2 aromatic heterocycles. The van der Waals surface area contributed by atoms with E-state index in [9.17, 15) is 9.59 Å². The van der Waals surface area contributed by atoms with Crippen LogP contribution in [0.5, 0.6) is 0 Å². The van der Waals surface area contributed by atoms with E-state index in [-0.39, 0.29) is 11.2 Å². The Bertz CT molecular complexity index is 1080. The fraction of sp³-hybridized carbons (Fsp3) is 0.421. The zero-order valence-corrected chi connectivity index (χ0v) is 15.3. The average Bonchev–Trinajstić information content (AvgIpc) is 3.01. The van der Waals surface area contributed by atoms with Crippen molar-refractivity contribution in [1.82, 2.24) is 18.7 Å². The normalized spacial score (nSPS) is 16.9. The Labute approximate surface area is 151 Å². The van der Waals surface area contributed by atoms with E-state index in [0.717, 1.165) is 25.6 Å². The molecule has 4 rings (SSSR count). The lowest BCUT2D eigenvalue weighted by atomic mass is 10.1. The molecule has 7 heteroatoms. The second-order valence-corrected chi connectivity index (χ2v) is 7.06. The van der Waals surface area contributed by atoms with Crippen molar-refractivity contribution in [3.8, 4) is 0 Å². The number of aryl methyl sites for hydroxylation is 1.